The van der Waals surface area contributed by atoms with Crippen molar-refractivity contribution in [1.29, 1.82) is 0 Å². The molecule has 150 valence electrons. The summed E-state index contributed by atoms with van der Waals surface area (Å²) in [4.78, 5) is 25.6. The molecule has 0 bridgehead atoms. The van der Waals surface area contributed by atoms with Crippen molar-refractivity contribution in [2.24, 2.45) is 0 Å². The van der Waals surface area contributed by atoms with Gasteiger partial charge in [-0.1, -0.05) is 30.3 Å². The second-order valence-corrected chi connectivity index (χ2v) is 6.95. The normalized spacial score (nSPS) is 10.9. The van der Waals surface area contributed by atoms with Crippen molar-refractivity contribution in [3.05, 3.63) is 113 Å². The summed E-state index contributed by atoms with van der Waals surface area (Å²) >= 11 is 0. The zero-order valence-corrected chi connectivity index (χ0v) is 16.5. The van der Waals surface area contributed by atoms with Gasteiger partial charge in [-0.3, -0.25) is 4.79 Å². The Balaban J connectivity index is 1.80. The lowest BCUT2D eigenvalue weighted by molar-refractivity contribution is 0.0529. The van der Waals surface area contributed by atoms with Gasteiger partial charge in [-0.2, -0.15) is 0 Å². The number of rotatable bonds is 6. The second kappa shape index (κ2) is 8.33. The Kier molecular flexibility index (Phi) is 5.44. The molecule has 0 amide bonds. The SMILES string of the molecule is CCOC(=O)c1cc(C(=O)c2ccc(F)cc2)n2ccc(Cc3ccccc3)cc12. The Morgan fingerprint density at radius 2 is 1.67 bits per heavy atom. The minimum Gasteiger partial charge on any atom is -0.462 e. The Morgan fingerprint density at radius 3 is 2.37 bits per heavy atom. The van der Waals surface area contributed by atoms with Gasteiger partial charge in [-0.25, -0.2) is 9.18 Å². The van der Waals surface area contributed by atoms with Crippen LogP contribution < -0.4 is 0 Å². The van der Waals surface area contributed by atoms with Crippen molar-refractivity contribution < 1.29 is 18.7 Å². The molecule has 30 heavy (non-hydrogen) atoms. The first-order valence-electron chi connectivity index (χ1n) is 9.72. The average molecular weight is 401 g/mol. The number of carbonyl (C=O) groups excluding carboxylic acids is 2. The number of halogens is 1. The molecule has 0 atom stereocenters. The highest BCUT2D eigenvalue weighted by Crippen LogP contribution is 2.23. The van der Waals surface area contributed by atoms with E-state index in [0.717, 1.165) is 11.1 Å². The first kappa shape index (κ1) is 19.6. The molecule has 2 aromatic heterocycles. The molecule has 2 aromatic carbocycles. The molecule has 0 aliphatic carbocycles. The molecule has 0 unspecified atom stereocenters. The van der Waals surface area contributed by atoms with Crippen molar-refractivity contribution in [2.75, 3.05) is 6.61 Å². The van der Waals surface area contributed by atoms with Gasteiger partial charge in [-0.05, 0) is 66.9 Å². The fourth-order valence-corrected chi connectivity index (χ4v) is 3.48. The summed E-state index contributed by atoms with van der Waals surface area (Å²) in [5.74, 6) is -1.19. The zero-order valence-electron chi connectivity index (χ0n) is 16.5. The third-order valence-corrected chi connectivity index (χ3v) is 4.92. The molecule has 0 aliphatic heterocycles. The van der Waals surface area contributed by atoms with Gasteiger partial charge >= 0.3 is 5.97 Å². The van der Waals surface area contributed by atoms with Gasteiger partial charge in [0.2, 0.25) is 5.78 Å². The molecule has 4 nitrogen and oxygen atoms in total. The molecule has 4 rings (SSSR count). The van der Waals surface area contributed by atoms with E-state index in [1.807, 2.05) is 42.5 Å². The van der Waals surface area contributed by atoms with Gasteiger partial charge in [0.1, 0.15) is 5.82 Å². The molecule has 0 radical (unpaired) electrons. The topological polar surface area (TPSA) is 47.8 Å². The highest BCUT2D eigenvalue weighted by Gasteiger charge is 2.21. The van der Waals surface area contributed by atoms with Crippen LogP contribution in [0.2, 0.25) is 0 Å². The zero-order chi connectivity index (χ0) is 21.1. The van der Waals surface area contributed by atoms with Gasteiger partial charge in [0.25, 0.3) is 0 Å². The van der Waals surface area contributed by atoms with Crippen LogP contribution in [0.25, 0.3) is 5.52 Å². The number of ketones is 1. The summed E-state index contributed by atoms with van der Waals surface area (Å²) in [7, 11) is 0. The van der Waals surface area contributed by atoms with Gasteiger partial charge < -0.3 is 9.14 Å². The molecule has 4 aromatic rings. The van der Waals surface area contributed by atoms with Gasteiger partial charge in [0.05, 0.1) is 23.4 Å². The van der Waals surface area contributed by atoms with E-state index in [0.29, 0.717) is 28.8 Å². The van der Waals surface area contributed by atoms with E-state index in [4.69, 9.17) is 4.74 Å². The number of pyridine rings is 1. The molecule has 0 saturated heterocycles. The van der Waals surface area contributed by atoms with Crippen LogP contribution >= 0.6 is 0 Å². The highest BCUT2D eigenvalue weighted by molar-refractivity contribution is 6.11. The van der Waals surface area contributed by atoms with Crippen LogP contribution in [0.5, 0.6) is 0 Å². The van der Waals surface area contributed by atoms with E-state index in [2.05, 4.69) is 0 Å². The molecule has 2 heterocycles. The van der Waals surface area contributed by atoms with Crippen molar-refractivity contribution >= 4 is 17.3 Å². The Bertz CT molecular complexity index is 1210. The standard InChI is InChI=1S/C25H20FNO3/c1-2-30-25(29)21-16-23(24(28)19-8-10-20(26)11-9-19)27-13-12-18(15-22(21)27)14-17-6-4-3-5-7-17/h3-13,15-16H,2,14H2,1H3. The average Bonchev–Trinajstić information content (AvgIpc) is 3.14. The number of ether oxygens (including phenoxy) is 1. The van der Waals surface area contributed by atoms with Crippen LogP contribution in [0.1, 0.15) is 44.5 Å². The van der Waals surface area contributed by atoms with E-state index in [1.165, 1.54) is 24.3 Å². The van der Waals surface area contributed by atoms with Crippen molar-refractivity contribution in [2.45, 2.75) is 13.3 Å². The number of hydrogen-bond acceptors (Lipinski definition) is 3. The number of fused-ring (bicyclic) bond motifs is 1. The van der Waals surface area contributed by atoms with E-state index in [-0.39, 0.29) is 12.4 Å². The van der Waals surface area contributed by atoms with Crippen LogP contribution in [0, 0.1) is 5.82 Å². The van der Waals surface area contributed by atoms with E-state index < -0.39 is 11.8 Å². The third kappa shape index (κ3) is 3.87. The first-order chi connectivity index (χ1) is 14.6. The largest absolute Gasteiger partial charge is 0.462 e. The summed E-state index contributed by atoms with van der Waals surface area (Å²) in [5.41, 5.74) is 3.77. The second-order valence-electron chi connectivity index (χ2n) is 6.95. The Hall–Kier alpha value is -3.73. The molecular formula is C25H20FNO3. The summed E-state index contributed by atoms with van der Waals surface area (Å²) in [5, 5.41) is 0. The summed E-state index contributed by atoms with van der Waals surface area (Å²) < 4.78 is 20.1. The number of hydrogen-bond donors (Lipinski definition) is 0. The van der Waals surface area contributed by atoms with Gasteiger partial charge in [0.15, 0.2) is 0 Å². The predicted octanol–water partition coefficient (Wildman–Crippen LogP) is 5.08. The van der Waals surface area contributed by atoms with Crippen molar-refractivity contribution in [1.82, 2.24) is 4.40 Å². The monoisotopic (exact) mass is 401 g/mol. The number of carbonyl (C=O) groups is 2. The van der Waals surface area contributed by atoms with Crippen LogP contribution in [-0.2, 0) is 11.2 Å². The van der Waals surface area contributed by atoms with Gasteiger partial charge in [-0.15, -0.1) is 0 Å². The van der Waals surface area contributed by atoms with Crippen LogP contribution in [0.15, 0.2) is 79.0 Å². The summed E-state index contributed by atoms with van der Waals surface area (Å²) in [6.45, 7) is 1.97. The smallest absolute Gasteiger partial charge is 0.340 e. The Morgan fingerprint density at radius 1 is 0.933 bits per heavy atom. The maximum atomic E-state index is 13.2. The van der Waals surface area contributed by atoms with Crippen LogP contribution in [-0.4, -0.2) is 22.8 Å². The number of nitrogens with zero attached hydrogens (tertiary/aromatic N) is 1. The maximum Gasteiger partial charge on any atom is 0.340 e. The molecule has 0 N–H and O–H groups in total. The lowest BCUT2D eigenvalue weighted by Crippen LogP contribution is -2.05. The quantitative estimate of drug-likeness (QED) is 0.334. The fraction of sp³-hybridized carbons (Fsp3) is 0.120. The van der Waals surface area contributed by atoms with Gasteiger partial charge in [0, 0.05) is 11.8 Å². The minimum atomic E-state index is -0.481. The van der Waals surface area contributed by atoms with Crippen LogP contribution in [0.3, 0.4) is 0 Å². The van der Waals surface area contributed by atoms with E-state index in [9.17, 15) is 14.0 Å². The lowest BCUT2D eigenvalue weighted by atomic mass is 10.1. The fourth-order valence-electron chi connectivity index (χ4n) is 3.48. The Labute approximate surface area is 173 Å². The first-order valence-corrected chi connectivity index (χ1v) is 9.72. The maximum absolute atomic E-state index is 13.2. The lowest BCUT2D eigenvalue weighted by Gasteiger charge is -2.07. The molecule has 0 fully saturated rings. The molecule has 0 aliphatic rings. The van der Waals surface area contributed by atoms with Crippen molar-refractivity contribution in [3.63, 3.8) is 0 Å². The predicted molar refractivity (Wildman–Crippen MR) is 112 cm³/mol. The molecular weight excluding hydrogens is 381 g/mol. The van der Waals surface area contributed by atoms with E-state index >= 15 is 0 Å². The molecule has 0 spiro atoms. The molecule has 5 heteroatoms. The number of aromatic nitrogens is 1. The van der Waals surface area contributed by atoms with Crippen LogP contribution in [0.4, 0.5) is 4.39 Å². The third-order valence-electron chi connectivity index (χ3n) is 4.92. The minimum absolute atomic E-state index is 0.237. The number of esters is 1. The number of benzene rings is 2. The van der Waals surface area contributed by atoms with Crippen molar-refractivity contribution in [3.8, 4) is 0 Å². The van der Waals surface area contributed by atoms with E-state index in [1.54, 1.807) is 23.6 Å². The highest BCUT2D eigenvalue weighted by atomic mass is 19.1. The summed E-state index contributed by atoms with van der Waals surface area (Å²) in [6, 6.07) is 20.7. The summed E-state index contributed by atoms with van der Waals surface area (Å²) in [6.07, 6.45) is 2.49. The molecule has 0 saturated carbocycles.